The summed E-state index contributed by atoms with van der Waals surface area (Å²) in [7, 11) is 0. The van der Waals surface area contributed by atoms with Crippen molar-refractivity contribution in [1.29, 1.82) is 0 Å². The van der Waals surface area contributed by atoms with Crippen LogP contribution in [-0.2, 0) is 4.79 Å². The first kappa shape index (κ1) is 13.5. The number of anilines is 1. The molecule has 2 fully saturated rings. The van der Waals surface area contributed by atoms with Gasteiger partial charge in [-0.15, -0.1) is 0 Å². The normalized spacial score (nSPS) is 21.1. The number of para-hydroxylation sites is 2. The molecule has 1 aromatic heterocycles. The zero-order valence-corrected chi connectivity index (χ0v) is 12.6. The van der Waals surface area contributed by atoms with Crippen LogP contribution in [-0.4, -0.2) is 35.5 Å². The van der Waals surface area contributed by atoms with Crippen LogP contribution in [0.15, 0.2) is 30.5 Å². The minimum atomic E-state index is -0.140. The average Bonchev–Trinajstić information content (AvgIpc) is 2.58. The molecule has 1 aromatic carbocycles. The second-order valence-corrected chi connectivity index (χ2v) is 6.34. The van der Waals surface area contributed by atoms with Gasteiger partial charge in [-0.1, -0.05) is 12.1 Å². The summed E-state index contributed by atoms with van der Waals surface area (Å²) in [5, 5.41) is 3.04. The lowest BCUT2D eigenvalue weighted by Crippen LogP contribution is -2.52. The number of amides is 1. The summed E-state index contributed by atoms with van der Waals surface area (Å²) in [5.74, 6) is 1.17. The molecule has 4 rings (SSSR count). The van der Waals surface area contributed by atoms with E-state index >= 15 is 0 Å². The Morgan fingerprint density at radius 2 is 1.86 bits per heavy atom. The van der Waals surface area contributed by atoms with Gasteiger partial charge in [0.2, 0.25) is 5.91 Å². The molecule has 2 saturated heterocycles. The van der Waals surface area contributed by atoms with E-state index in [0.29, 0.717) is 0 Å². The highest BCUT2D eigenvalue weighted by molar-refractivity contribution is 5.83. The fraction of sp³-hybridized carbons (Fsp3) is 0.471. The lowest BCUT2D eigenvalue weighted by Gasteiger charge is -2.43. The molecule has 5 heteroatoms. The van der Waals surface area contributed by atoms with E-state index in [-0.39, 0.29) is 11.3 Å². The number of hydrogen-bond acceptors (Lipinski definition) is 4. The Labute approximate surface area is 129 Å². The molecule has 1 spiro atoms. The molecular weight excluding hydrogens is 276 g/mol. The molecule has 0 atom stereocenters. The number of nitrogens with zero attached hydrogens (tertiary/aromatic N) is 3. The second kappa shape index (κ2) is 5.23. The number of carbonyl (C=O) groups is 1. The molecule has 3 heterocycles. The van der Waals surface area contributed by atoms with Crippen LogP contribution < -0.4 is 10.2 Å². The fourth-order valence-electron chi connectivity index (χ4n) is 3.67. The van der Waals surface area contributed by atoms with Crippen molar-refractivity contribution in [2.45, 2.75) is 25.7 Å². The van der Waals surface area contributed by atoms with Crippen LogP contribution in [0.1, 0.15) is 25.7 Å². The first-order valence-corrected chi connectivity index (χ1v) is 8.02. The van der Waals surface area contributed by atoms with Crippen molar-refractivity contribution in [2.75, 3.05) is 24.5 Å². The molecule has 0 saturated carbocycles. The zero-order chi connectivity index (χ0) is 15.0. The summed E-state index contributed by atoms with van der Waals surface area (Å²) in [6.07, 6.45) is 5.79. The van der Waals surface area contributed by atoms with Crippen molar-refractivity contribution in [2.24, 2.45) is 5.41 Å². The van der Waals surface area contributed by atoms with Crippen LogP contribution in [0.4, 0.5) is 5.82 Å². The summed E-state index contributed by atoms with van der Waals surface area (Å²) in [6, 6.07) is 7.93. The van der Waals surface area contributed by atoms with Crippen molar-refractivity contribution >= 4 is 22.8 Å². The summed E-state index contributed by atoms with van der Waals surface area (Å²) >= 11 is 0. The number of rotatable bonds is 1. The lowest BCUT2D eigenvalue weighted by molar-refractivity contribution is -0.134. The van der Waals surface area contributed by atoms with Gasteiger partial charge in [0, 0.05) is 19.6 Å². The predicted molar refractivity (Wildman–Crippen MR) is 85.7 cm³/mol. The van der Waals surface area contributed by atoms with Gasteiger partial charge in [-0.25, -0.2) is 4.98 Å². The number of hydrogen-bond donors (Lipinski definition) is 1. The van der Waals surface area contributed by atoms with E-state index in [0.717, 1.165) is 62.2 Å². The molecular formula is C17H20N4O. The van der Waals surface area contributed by atoms with Gasteiger partial charge in [-0.2, -0.15) is 0 Å². The van der Waals surface area contributed by atoms with Gasteiger partial charge >= 0.3 is 0 Å². The van der Waals surface area contributed by atoms with Crippen molar-refractivity contribution in [3.63, 3.8) is 0 Å². The maximum atomic E-state index is 12.2. The Hall–Kier alpha value is -2.17. The highest BCUT2D eigenvalue weighted by Gasteiger charge is 2.42. The summed E-state index contributed by atoms with van der Waals surface area (Å²) in [6.45, 7) is 2.58. The third kappa shape index (κ3) is 2.21. The highest BCUT2D eigenvalue weighted by Crippen LogP contribution is 2.39. The molecule has 1 N–H and O–H groups in total. The molecule has 22 heavy (non-hydrogen) atoms. The molecule has 2 aliphatic heterocycles. The SMILES string of the molecule is O=C1NCCCC12CCN(c1cnc3ccccc3n1)CC2. The van der Waals surface area contributed by atoms with E-state index in [2.05, 4.69) is 15.2 Å². The van der Waals surface area contributed by atoms with Crippen LogP contribution >= 0.6 is 0 Å². The first-order chi connectivity index (χ1) is 10.8. The molecule has 5 nitrogen and oxygen atoms in total. The Morgan fingerprint density at radius 1 is 1.09 bits per heavy atom. The van der Waals surface area contributed by atoms with E-state index in [1.807, 2.05) is 30.5 Å². The molecule has 0 radical (unpaired) electrons. The van der Waals surface area contributed by atoms with Crippen molar-refractivity contribution in [3.8, 4) is 0 Å². The highest BCUT2D eigenvalue weighted by atomic mass is 16.2. The van der Waals surface area contributed by atoms with E-state index in [9.17, 15) is 4.79 Å². The van der Waals surface area contributed by atoms with Gasteiger partial charge < -0.3 is 10.2 Å². The van der Waals surface area contributed by atoms with E-state index in [1.54, 1.807) is 0 Å². The standard InChI is InChI=1S/C17H20N4O/c22-16-17(6-3-9-18-16)7-10-21(11-8-17)15-12-19-13-4-1-2-5-14(13)20-15/h1-2,4-5,12H,3,6-11H2,(H,18,22). The van der Waals surface area contributed by atoms with Crippen LogP contribution in [0, 0.1) is 5.41 Å². The molecule has 1 amide bonds. The Bertz CT molecular complexity index is 707. The van der Waals surface area contributed by atoms with Crippen LogP contribution in [0.5, 0.6) is 0 Å². The fourth-order valence-corrected chi connectivity index (χ4v) is 3.67. The predicted octanol–water partition coefficient (Wildman–Crippen LogP) is 2.13. The van der Waals surface area contributed by atoms with Gasteiger partial charge in [0.1, 0.15) is 5.82 Å². The number of nitrogens with one attached hydrogen (secondary N) is 1. The maximum Gasteiger partial charge on any atom is 0.226 e. The number of fused-ring (bicyclic) bond motifs is 1. The van der Waals surface area contributed by atoms with Gasteiger partial charge in [0.05, 0.1) is 22.6 Å². The molecule has 0 bridgehead atoms. The van der Waals surface area contributed by atoms with Crippen molar-refractivity contribution < 1.29 is 4.79 Å². The van der Waals surface area contributed by atoms with Crippen LogP contribution in [0.25, 0.3) is 11.0 Å². The topological polar surface area (TPSA) is 58.1 Å². The summed E-state index contributed by atoms with van der Waals surface area (Å²) in [5.41, 5.74) is 1.71. The maximum absolute atomic E-state index is 12.2. The molecule has 0 aliphatic carbocycles. The number of benzene rings is 1. The molecule has 2 aliphatic rings. The molecule has 0 unspecified atom stereocenters. The summed E-state index contributed by atoms with van der Waals surface area (Å²) in [4.78, 5) is 23.7. The van der Waals surface area contributed by atoms with Crippen LogP contribution in [0.2, 0.25) is 0 Å². The van der Waals surface area contributed by atoms with Gasteiger partial charge in [-0.05, 0) is 37.8 Å². The van der Waals surface area contributed by atoms with Crippen LogP contribution in [0.3, 0.4) is 0 Å². The van der Waals surface area contributed by atoms with Crippen molar-refractivity contribution in [1.82, 2.24) is 15.3 Å². The minimum absolute atomic E-state index is 0.140. The Balaban J connectivity index is 1.54. The minimum Gasteiger partial charge on any atom is -0.356 e. The van der Waals surface area contributed by atoms with Gasteiger partial charge in [-0.3, -0.25) is 9.78 Å². The molecule has 114 valence electrons. The average molecular weight is 296 g/mol. The van der Waals surface area contributed by atoms with E-state index in [4.69, 9.17) is 4.98 Å². The Morgan fingerprint density at radius 3 is 2.64 bits per heavy atom. The number of carbonyl (C=O) groups excluding carboxylic acids is 1. The van der Waals surface area contributed by atoms with E-state index < -0.39 is 0 Å². The van der Waals surface area contributed by atoms with Gasteiger partial charge in [0.25, 0.3) is 0 Å². The smallest absolute Gasteiger partial charge is 0.226 e. The summed E-state index contributed by atoms with van der Waals surface area (Å²) < 4.78 is 0. The first-order valence-electron chi connectivity index (χ1n) is 8.02. The largest absolute Gasteiger partial charge is 0.356 e. The van der Waals surface area contributed by atoms with E-state index in [1.165, 1.54) is 0 Å². The third-order valence-corrected chi connectivity index (χ3v) is 5.08. The lowest BCUT2D eigenvalue weighted by atomic mass is 9.72. The number of piperidine rings is 2. The monoisotopic (exact) mass is 296 g/mol. The third-order valence-electron chi connectivity index (χ3n) is 5.08. The number of aromatic nitrogens is 2. The Kier molecular flexibility index (Phi) is 3.21. The molecule has 2 aromatic rings. The quantitative estimate of drug-likeness (QED) is 0.876. The van der Waals surface area contributed by atoms with Crippen molar-refractivity contribution in [3.05, 3.63) is 30.5 Å². The zero-order valence-electron chi connectivity index (χ0n) is 12.6. The second-order valence-electron chi connectivity index (χ2n) is 6.34. The van der Waals surface area contributed by atoms with Gasteiger partial charge in [0.15, 0.2) is 0 Å².